The summed E-state index contributed by atoms with van der Waals surface area (Å²) in [4.78, 5) is 58.7. The summed E-state index contributed by atoms with van der Waals surface area (Å²) in [5, 5.41) is 0. The monoisotopic (exact) mass is 526 g/mol. The van der Waals surface area contributed by atoms with Gasteiger partial charge in [0, 0.05) is 11.8 Å². The van der Waals surface area contributed by atoms with Gasteiger partial charge in [0.25, 0.3) is 0 Å². The normalized spacial score (nSPS) is 32.0. The van der Waals surface area contributed by atoms with Crippen LogP contribution in [0.2, 0.25) is 0 Å². The third-order valence-corrected chi connectivity index (χ3v) is 9.66. The maximum Gasteiger partial charge on any atom is 0.238 e. The Balaban J connectivity index is 1.30. The van der Waals surface area contributed by atoms with Crippen molar-refractivity contribution in [2.24, 2.45) is 41.4 Å². The minimum absolute atomic E-state index is 0.180. The van der Waals surface area contributed by atoms with Gasteiger partial charge in [-0.2, -0.15) is 0 Å². The third kappa shape index (κ3) is 2.99. The molecule has 0 aromatic heterocycles. The fourth-order valence-electron chi connectivity index (χ4n) is 8.18. The summed E-state index contributed by atoms with van der Waals surface area (Å²) < 4.78 is 0. The quantitative estimate of drug-likeness (QED) is 0.360. The van der Waals surface area contributed by atoms with Crippen molar-refractivity contribution in [1.29, 1.82) is 0 Å². The molecule has 2 heterocycles. The van der Waals surface area contributed by atoms with E-state index in [1.54, 1.807) is 24.3 Å². The molecular weight excluding hydrogens is 500 g/mol. The molecule has 6 aliphatic rings. The first-order valence-corrected chi connectivity index (χ1v) is 13.9. The lowest BCUT2D eigenvalue weighted by Crippen LogP contribution is -2.51. The summed E-state index contributed by atoms with van der Waals surface area (Å²) in [6, 6.07) is 28.2. The fourth-order valence-corrected chi connectivity index (χ4v) is 8.18. The van der Waals surface area contributed by atoms with Gasteiger partial charge in [-0.15, -0.1) is 0 Å². The Hall–Kier alpha value is -4.58. The molecule has 40 heavy (non-hydrogen) atoms. The van der Waals surface area contributed by atoms with Crippen LogP contribution in [-0.4, -0.2) is 23.6 Å². The van der Waals surface area contributed by atoms with E-state index in [9.17, 15) is 19.2 Å². The molecule has 3 fully saturated rings. The lowest BCUT2D eigenvalue weighted by molar-refractivity contribution is -0.129. The zero-order valence-electron chi connectivity index (χ0n) is 21.6. The molecule has 4 aliphatic carbocycles. The van der Waals surface area contributed by atoms with Crippen LogP contribution in [0.15, 0.2) is 109 Å². The van der Waals surface area contributed by atoms with E-state index in [-0.39, 0.29) is 41.4 Å². The van der Waals surface area contributed by atoms with Gasteiger partial charge in [0.15, 0.2) is 0 Å². The van der Waals surface area contributed by atoms with Crippen LogP contribution in [-0.2, 0) is 19.2 Å². The molecule has 3 aromatic carbocycles. The van der Waals surface area contributed by atoms with Crippen LogP contribution in [0.3, 0.4) is 0 Å². The van der Waals surface area contributed by atoms with Crippen molar-refractivity contribution >= 4 is 40.6 Å². The van der Waals surface area contributed by atoms with Gasteiger partial charge < -0.3 is 0 Å². The summed E-state index contributed by atoms with van der Waals surface area (Å²) in [6.07, 6.45) is 4.57. The van der Waals surface area contributed by atoms with Gasteiger partial charge in [0.2, 0.25) is 23.6 Å². The number of carbonyl (C=O) groups is 4. The number of hydrogen-bond acceptors (Lipinski definition) is 4. The lowest BCUT2D eigenvalue weighted by atomic mass is 9.49. The number of benzene rings is 3. The Morgan fingerprint density at radius 1 is 0.525 bits per heavy atom. The molecule has 0 N–H and O–H groups in total. The van der Waals surface area contributed by atoms with Crippen molar-refractivity contribution in [3.8, 4) is 0 Å². The first-order valence-electron chi connectivity index (χ1n) is 13.9. The number of fused-ring (bicyclic) bond motifs is 1. The van der Waals surface area contributed by atoms with E-state index >= 15 is 0 Å². The van der Waals surface area contributed by atoms with E-state index in [4.69, 9.17) is 0 Å². The summed E-state index contributed by atoms with van der Waals surface area (Å²) in [5.74, 6) is -3.88. The van der Waals surface area contributed by atoms with Crippen molar-refractivity contribution in [3.63, 3.8) is 0 Å². The van der Waals surface area contributed by atoms with Gasteiger partial charge >= 0.3 is 0 Å². The van der Waals surface area contributed by atoms with Crippen LogP contribution >= 0.6 is 0 Å². The topological polar surface area (TPSA) is 74.8 Å². The number of amides is 4. The van der Waals surface area contributed by atoms with Gasteiger partial charge in [0.1, 0.15) is 0 Å². The van der Waals surface area contributed by atoms with Crippen molar-refractivity contribution in [3.05, 3.63) is 114 Å². The standard InChI is InChI=1S/C34H26N2O4/c37-31-25-18-24(19-10-4-1-5-11-19)26-22-16-17-23(27(26)30(25)34(40)35(31)20-12-6-2-7-13-20)29-28(22)32(38)36(33(29)39)21-14-8-3-9-15-21/h1-17,22-23,25,27-30H,18H2/t22-,23+,25-,27+,28-,29-,30+/m1/s1. The highest BCUT2D eigenvalue weighted by Gasteiger charge is 2.67. The van der Waals surface area contributed by atoms with Crippen LogP contribution in [0.5, 0.6) is 0 Å². The molecule has 7 atom stereocenters. The second-order valence-corrected chi connectivity index (χ2v) is 11.4. The molecule has 2 bridgehead atoms. The first-order chi connectivity index (χ1) is 19.6. The summed E-state index contributed by atoms with van der Waals surface area (Å²) in [5.41, 5.74) is 4.26. The highest BCUT2D eigenvalue weighted by atomic mass is 16.2. The molecule has 2 aliphatic heterocycles. The number of imide groups is 2. The Labute approximate surface area is 231 Å². The molecule has 196 valence electrons. The molecular formula is C34H26N2O4. The van der Waals surface area contributed by atoms with Gasteiger partial charge in [0.05, 0.1) is 35.0 Å². The predicted molar refractivity (Wildman–Crippen MR) is 149 cm³/mol. The zero-order valence-corrected chi connectivity index (χ0v) is 21.6. The molecule has 1 saturated carbocycles. The molecule has 3 aromatic rings. The number of para-hydroxylation sites is 2. The van der Waals surface area contributed by atoms with Crippen molar-refractivity contribution in [1.82, 2.24) is 0 Å². The fraction of sp³-hybridized carbons (Fsp3) is 0.235. The maximum atomic E-state index is 14.1. The summed E-state index contributed by atoms with van der Waals surface area (Å²) in [6.45, 7) is 0. The second-order valence-electron chi connectivity index (χ2n) is 11.4. The molecule has 6 nitrogen and oxygen atoms in total. The van der Waals surface area contributed by atoms with Crippen molar-refractivity contribution in [2.75, 3.05) is 9.80 Å². The molecule has 0 unspecified atom stereocenters. The average Bonchev–Trinajstić information content (AvgIpc) is 3.43. The number of anilines is 2. The molecule has 2 saturated heterocycles. The van der Waals surface area contributed by atoms with Crippen LogP contribution in [0, 0.1) is 41.4 Å². The number of nitrogens with zero attached hydrogens (tertiary/aromatic N) is 2. The Bertz CT molecular complexity index is 1640. The Morgan fingerprint density at radius 3 is 1.68 bits per heavy atom. The SMILES string of the molecule is O=C1[C@@H]2[C@H]3C=C[C@H](C4=C(c5ccccc5)C[C@H]5C(=O)N(c6ccccc6)C(=O)[C@@H]5[C@H]43)[C@H]2C(=O)N1c1ccccc1. The van der Waals surface area contributed by atoms with Gasteiger partial charge in [-0.25, -0.2) is 0 Å². The van der Waals surface area contributed by atoms with Gasteiger partial charge in [-0.05, 0) is 47.7 Å². The van der Waals surface area contributed by atoms with Crippen LogP contribution in [0.4, 0.5) is 11.4 Å². The predicted octanol–water partition coefficient (Wildman–Crippen LogP) is 4.89. The molecule has 6 heteroatoms. The first kappa shape index (κ1) is 23.3. The number of carbonyl (C=O) groups excluding carboxylic acids is 4. The van der Waals surface area contributed by atoms with Gasteiger partial charge in [-0.1, -0.05) is 84.5 Å². The smallest absolute Gasteiger partial charge is 0.238 e. The highest BCUT2D eigenvalue weighted by Crippen LogP contribution is 2.63. The van der Waals surface area contributed by atoms with E-state index < -0.39 is 23.7 Å². The van der Waals surface area contributed by atoms with Gasteiger partial charge in [-0.3, -0.25) is 29.0 Å². The van der Waals surface area contributed by atoms with E-state index in [0.29, 0.717) is 17.8 Å². The Kier molecular flexibility index (Phi) is 4.93. The van der Waals surface area contributed by atoms with Crippen LogP contribution in [0.25, 0.3) is 5.57 Å². The van der Waals surface area contributed by atoms with Crippen LogP contribution in [0.1, 0.15) is 12.0 Å². The van der Waals surface area contributed by atoms with Crippen LogP contribution < -0.4 is 9.80 Å². The maximum absolute atomic E-state index is 14.1. The van der Waals surface area contributed by atoms with E-state index in [2.05, 4.69) is 6.08 Å². The minimum atomic E-state index is -0.567. The minimum Gasteiger partial charge on any atom is -0.274 e. The van der Waals surface area contributed by atoms with E-state index in [1.165, 1.54) is 9.80 Å². The summed E-state index contributed by atoms with van der Waals surface area (Å²) in [7, 11) is 0. The number of hydrogen-bond donors (Lipinski definition) is 0. The van der Waals surface area contributed by atoms with Crippen molar-refractivity contribution < 1.29 is 19.2 Å². The zero-order chi connectivity index (χ0) is 27.1. The van der Waals surface area contributed by atoms with E-state index in [0.717, 1.165) is 16.7 Å². The molecule has 4 amide bonds. The highest BCUT2D eigenvalue weighted by molar-refractivity contribution is 6.24. The number of rotatable bonds is 3. The lowest BCUT2D eigenvalue weighted by Gasteiger charge is -2.51. The number of allylic oxidation sites excluding steroid dienone is 4. The van der Waals surface area contributed by atoms with Crippen molar-refractivity contribution in [2.45, 2.75) is 6.42 Å². The van der Waals surface area contributed by atoms with E-state index in [1.807, 2.05) is 72.8 Å². The molecule has 9 rings (SSSR count). The second kappa shape index (κ2) is 8.46. The Morgan fingerprint density at radius 2 is 1.05 bits per heavy atom. The molecule has 0 spiro atoms. The molecule has 0 radical (unpaired) electrons. The third-order valence-electron chi connectivity index (χ3n) is 9.66. The summed E-state index contributed by atoms with van der Waals surface area (Å²) >= 11 is 0. The largest absolute Gasteiger partial charge is 0.274 e. The average molecular weight is 527 g/mol.